The highest BCUT2D eigenvalue weighted by Crippen LogP contribution is 2.33. The van der Waals surface area contributed by atoms with Crippen molar-refractivity contribution in [1.82, 2.24) is 43.3 Å². The number of nitrogens with one attached hydrogen (secondary N) is 1. The Balaban J connectivity index is 0.000000242. The van der Waals surface area contributed by atoms with E-state index < -0.39 is 20.0 Å². The van der Waals surface area contributed by atoms with Crippen LogP contribution >= 0.6 is 69.6 Å². The number of ketones is 6. The molecule has 0 radical (unpaired) electrons. The largest absolute Gasteiger partial charge is 0.328 e. The maximum absolute atomic E-state index is 12.7. The summed E-state index contributed by atoms with van der Waals surface area (Å²) < 4.78 is 49.4. The Morgan fingerprint density at radius 3 is 0.664 bits per heavy atom. The van der Waals surface area contributed by atoms with E-state index in [0.717, 1.165) is 137 Å². The number of hydrogen-bond donors (Lipinski definition) is 3. The average Bonchev–Trinajstić information content (AvgIpc) is 1.50. The van der Waals surface area contributed by atoms with E-state index in [9.17, 15) is 45.6 Å². The summed E-state index contributed by atoms with van der Waals surface area (Å²) in [5.74, 6) is 0.955. The standard InChI is InChI=1S/C18H27ClN2O.2C17H25ClN2O3S.2C17H25ClN2O.C16H24ClNO/c1-13(2)18(22)17(14-4-6-15(19)7-5-14)12-21-10-8-16(20-3)9-11-21;2*1-13(2)17(21)16(14-4-6-15(18)7-5-14)12-19-8-10-20(11-9-19)24(3,22)23;2*1-12(2)17(21)16(13-3-5-14(18)6-4-13)11-20-9-7-15(19)8-10-20;1-11(2)16(19)15(10-18(5)12(3)4)13-6-8-14(17)9-7-13/h4-7,13,16-17,20H,8-12H2,1-3H3;2*4-7,13,16H,8-12H2,1-3H3;2*3-6,12,15-16H,7-11,19H2,1-2H3;6-9,11-12,15H,10H2,1-5H3/t17-;4*16-;15-/m110101/s1. The normalized spacial score (nSPS) is 18.0. The minimum absolute atomic E-state index is 0.0396. The van der Waals surface area contributed by atoms with Crippen LogP contribution in [0.4, 0.5) is 0 Å². The second-order valence-electron chi connectivity index (χ2n) is 38.1. The van der Waals surface area contributed by atoms with Crippen LogP contribution in [0, 0.1) is 35.5 Å². The monoisotopic (exact) mass is 1960 g/mol. The molecule has 6 atom stereocenters. The third-order valence-electron chi connectivity index (χ3n) is 25.5. The van der Waals surface area contributed by atoms with Gasteiger partial charge in [0.1, 0.15) is 34.7 Å². The summed E-state index contributed by atoms with van der Waals surface area (Å²) in [6.45, 7) is 42.5. The molecule has 0 unspecified atom stereocenters. The van der Waals surface area contributed by atoms with Crippen LogP contribution < -0.4 is 16.8 Å². The topological polar surface area (TPSA) is 261 Å². The first-order valence-electron chi connectivity index (χ1n) is 46.8. The highest BCUT2D eigenvalue weighted by Gasteiger charge is 2.36. The summed E-state index contributed by atoms with van der Waals surface area (Å²) in [6.07, 6.45) is 8.85. The van der Waals surface area contributed by atoms with Gasteiger partial charge in [0.25, 0.3) is 0 Å². The Bertz CT molecular complexity index is 4460. The van der Waals surface area contributed by atoms with Crippen molar-refractivity contribution in [2.24, 2.45) is 47.0 Å². The van der Waals surface area contributed by atoms with E-state index in [1.807, 2.05) is 211 Å². The SMILES string of the molecule is CC(C)C(=O)[C@@H](CN1CCC(N)CC1)c1ccc(Cl)cc1.CC(C)C(=O)[C@@H](CN1CCN(S(C)(=O)=O)CC1)c1ccc(Cl)cc1.CC(C)C(=O)[C@H](CN(C)C(C)C)c1ccc(Cl)cc1.CC(C)C(=O)[C@H](CN1CCC(N)CC1)c1ccc(Cl)cc1.CC(C)C(=O)[C@H](CN1CCN(S(C)(=O)=O)CC1)c1ccc(Cl)cc1.CNC1CCN(C[C@@H](C(=O)C(C)C)c2ccc(Cl)cc2)CC1. The number of rotatable bonds is 34. The molecule has 0 aromatic heterocycles. The molecule has 5 N–H and O–H groups in total. The van der Waals surface area contributed by atoms with Gasteiger partial charge in [-0.3, -0.25) is 38.6 Å². The summed E-state index contributed by atoms with van der Waals surface area (Å²) in [5.41, 5.74) is 18.1. The molecule has 0 bridgehead atoms. The Labute approximate surface area is 815 Å². The van der Waals surface area contributed by atoms with E-state index in [0.29, 0.717) is 137 Å². The Morgan fingerprint density at radius 2 is 0.489 bits per heavy atom. The molecule has 0 spiro atoms. The number of sulfonamides is 2. The molecule has 131 heavy (non-hydrogen) atoms. The van der Waals surface area contributed by atoms with Crippen molar-refractivity contribution in [3.8, 4) is 0 Å². The highest BCUT2D eigenvalue weighted by molar-refractivity contribution is 7.88. The number of piperazine rings is 2. The molecular formula is C102H151Cl6N11O10S2. The second kappa shape index (κ2) is 56.4. The number of hydrogen-bond acceptors (Lipinski definition) is 19. The van der Waals surface area contributed by atoms with Gasteiger partial charge >= 0.3 is 0 Å². The van der Waals surface area contributed by atoms with Crippen LogP contribution in [0.25, 0.3) is 0 Å². The lowest BCUT2D eigenvalue weighted by atomic mass is 9.88. The lowest BCUT2D eigenvalue weighted by Gasteiger charge is -2.35. The van der Waals surface area contributed by atoms with Crippen molar-refractivity contribution >= 4 is 124 Å². The van der Waals surface area contributed by atoms with Crippen molar-refractivity contribution in [2.75, 3.05) is 158 Å². The number of Topliss-reactive ketones (excluding diaryl/α,β-unsaturated/α-hetero) is 6. The summed E-state index contributed by atoms with van der Waals surface area (Å²) in [5, 5.41) is 7.48. The van der Waals surface area contributed by atoms with Gasteiger partial charge in [0, 0.05) is 181 Å². The van der Waals surface area contributed by atoms with Gasteiger partial charge in [0.05, 0.1) is 48.0 Å². The number of likely N-dealkylation sites (N-methyl/N-ethyl adjacent to an activating group) is 1. The van der Waals surface area contributed by atoms with Crippen LogP contribution in [0.2, 0.25) is 30.1 Å². The van der Waals surface area contributed by atoms with Crippen LogP contribution in [-0.4, -0.2) is 271 Å². The molecule has 5 heterocycles. The van der Waals surface area contributed by atoms with Gasteiger partial charge < -0.3 is 36.4 Å². The first-order chi connectivity index (χ1) is 61.6. The van der Waals surface area contributed by atoms with Crippen LogP contribution in [0.5, 0.6) is 0 Å². The van der Waals surface area contributed by atoms with Crippen LogP contribution in [0.3, 0.4) is 0 Å². The molecule has 5 aliphatic rings. The molecular weight excluding hydrogens is 1820 g/mol. The molecule has 0 saturated carbocycles. The fraction of sp³-hybridized carbons (Fsp3) is 0.588. The van der Waals surface area contributed by atoms with Crippen molar-refractivity contribution in [2.45, 2.75) is 195 Å². The third-order valence-corrected chi connectivity index (χ3v) is 29.6. The summed E-state index contributed by atoms with van der Waals surface area (Å²) in [7, 11) is -2.20. The maximum Gasteiger partial charge on any atom is 0.211 e. The molecule has 21 nitrogen and oxygen atoms in total. The predicted octanol–water partition coefficient (Wildman–Crippen LogP) is 17.9. The van der Waals surface area contributed by atoms with E-state index in [4.69, 9.17) is 81.1 Å². The molecule has 11 rings (SSSR count). The summed E-state index contributed by atoms with van der Waals surface area (Å²) >= 11 is 35.7. The van der Waals surface area contributed by atoms with Gasteiger partial charge in [-0.2, -0.15) is 8.61 Å². The first kappa shape index (κ1) is 114. The minimum Gasteiger partial charge on any atom is -0.328 e. The smallest absolute Gasteiger partial charge is 0.211 e. The Morgan fingerprint density at radius 1 is 0.313 bits per heavy atom. The number of halogens is 6. The summed E-state index contributed by atoms with van der Waals surface area (Å²) in [4.78, 5) is 89.3. The van der Waals surface area contributed by atoms with Gasteiger partial charge in [-0.05, 0) is 212 Å². The van der Waals surface area contributed by atoms with E-state index >= 15 is 0 Å². The van der Waals surface area contributed by atoms with Crippen LogP contribution in [0.15, 0.2) is 146 Å². The Kier molecular flexibility index (Phi) is 49.2. The molecule has 0 aliphatic carbocycles. The predicted molar refractivity (Wildman–Crippen MR) is 544 cm³/mol. The van der Waals surface area contributed by atoms with Gasteiger partial charge in [-0.1, -0.05) is 225 Å². The molecule has 6 aromatic rings. The zero-order valence-electron chi connectivity index (χ0n) is 80.9. The zero-order valence-corrected chi connectivity index (χ0v) is 87.0. The number of benzene rings is 6. The van der Waals surface area contributed by atoms with E-state index in [2.05, 4.69) is 55.6 Å². The maximum atomic E-state index is 12.7. The summed E-state index contributed by atoms with van der Waals surface area (Å²) in [6, 6.07) is 47.2. The quantitative estimate of drug-likeness (QED) is 0.0339. The molecule has 0 amide bonds. The number of piperidine rings is 3. The van der Waals surface area contributed by atoms with Gasteiger partial charge in [0.2, 0.25) is 20.0 Å². The average molecular weight is 1970 g/mol. The number of likely N-dealkylation sites (tertiary alicyclic amines) is 3. The highest BCUT2D eigenvalue weighted by atomic mass is 35.5. The van der Waals surface area contributed by atoms with Gasteiger partial charge in [0.15, 0.2) is 0 Å². The van der Waals surface area contributed by atoms with Crippen LogP contribution in [0.1, 0.15) is 204 Å². The number of carbonyl (C=O) groups is 6. The number of carbonyl (C=O) groups excluding carboxylic acids is 6. The minimum atomic E-state index is -3.14. The van der Waals surface area contributed by atoms with Gasteiger partial charge in [-0.25, -0.2) is 16.8 Å². The molecule has 29 heteroatoms. The zero-order chi connectivity index (χ0) is 97.3. The lowest BCUT2D eigenvalue weighted by Crippen LogP contribution is -2.49. The molecule has 5 aliphatic heterocycles. The molecule has 728 valence electrons. The van der Waals surface area contributed by atoms with E-state index in [1.54, 1.807) is 24.3 Å². The molecule has 5 saturated heterocycles. The third kappa shape index (κ3) is 39.2. The lowest BCUT2D eigenvalue weighted by molar-refractivity contribution is -0.124. The number of nitrogens with zero attached hydrogens (tertiary/aromatic N) is 8. The van der Waals surface area contributed by atoms with Crippen molar-refractivity contribution in [1.29, 1.82) is 0 Å². The van der Waals surface area contributed by atoms with Gasteiger partial charge in [-0.15, -0.1) is 0 Å². The van der Waals surface area contributed by atoms with Crippen molar-refractivity contribution < 1.29 is 45.6 Å². The Hall–Kier alpha value is -5.46. The second-order valence-corrected chi connectivity index (χ2v) is 44.6. The van der Waals surface area contributed by atoms with Crippen molar-refractivity contribution in [3.05, 3.63) is 209 Å². The van der Waals surface area contributed by atoms with Crippen LogP contribution in [-0.2, 0) is 48.8 Å². The number of nitrogens with two attached hydrogens (primary N) is 2. The molecule has 5 fully saturated rings. The molecule has 6 aromatic carbocycles. The van der Waals surface area contributed by atoms with Crippen molar-refractivity contribution in [3.63, 3.8) is 0 Å². The first-order valence-corrected chi connectivity index (χ1v) is 52.8. The van der Waals surface area contributed by atoms with E-state index in [1.165, 1.54) is 21.1 Å². The fourth-order valence-electron chi connectivity index (χ4n) is 16.7. The van der Waals surface area contributed by atoms with E-state index in [-0.39, 0.29) is 88.4 Å². The fourth-order valence-corrected chi connectivity index (χ4v) is 19.1.